The molecule has 0 aliphatic carbocycles. The van der Waals surface area contributed by atoms with E-state index >= 15 is 0 Å². The number of phenols is 1. The quantitative estimate of drug-likeness (QED) is 0.537. The zero-order valence-corrected chi connectivity index (χ0v) is 15.8. The first kappa shape index (κ1) is 20.8. The molecule has 1 aromatic rings. The third kappa shape index (κ3) is 8.39. The van der Waals surface area contributed by atoms with Crippen LogP contribution in [0.2, 0.25) is 0 Å². The molecule has 0 bridgehead atoms. The van der Waals surface area contributed by atoms with E-state index in [-0.39, 0.29) is 11.3 Å². The molecule has 0 saturated heterocycles. The second-order valence-electron chi connectivity index (χ2n) is 6.82. The van der Waals surface area contributed by atoms with Gasteiger partial charge in [0.15, 0.2) is 0 Å². The van der Waals surface area contributed by atoms with E-state index < -0.39 is 5.97 Å². The molecule has 0 radical (unpaired) electrons. The average molecular weight is 342 g/mol. The third-order valence-corrected chi connectivity index (χ3v) is 4.10. The molecular weight excluding hydrogens is 312 g/mol. The first-order valence-electron chi connectivity index (χ1n) is 8.79. The van der Waals surface area contributed by atoms with Crippen molar-refractivity contribution in [3.8, 4) is 5.75 Å². The van der Waals surface area contributed by atoms with E-state index in [9.17, 15) is 9.90 Å². The Balaban J connectivity index is 2.47. The molecule has 0 fully saturated rings. The van der Waals surface area contributed by atoms with Crippen molar-refractivity contribution in [2.24, 2.45) is 0 Å². The summed E-state index contributed by atoms with van der Waals surface area (Å²) in [7, 11) is 0. The predicted molar refractivity (Wildman–Crippen MR) is 104 cm³/mol. The van der Waals surface area contributed by atoms with Crippen molar-refractivity contribution in [3.05, 3.63) is 64.3 Å². The zero-order valence-electron chi connectivity index (χ0n) is 15.8. The first-order chi connectivity index (χ1) is 11.8. The van der Waals surface area contributed by atoms with Crippen LogP contribution in [0.15, 0.2) is 53.1 Å². The number of carbonyl (C=O) groups is 1. The van der Waals surface area contributed by atoms with Gasteiger partial charge in [0.25, 0.3) is 0 Å². The molecule has 1 aromatic carbocycles. The van der Waals surface area contributed by atoms with Gasteiger partial charge >= 0.3 is 5.97 Å². The van der Waals surface area contributed by atoms with Crippen molar-refractivity contribution >= 4 is 5.97 Å². The molecule has 0 saturated carbocycles. The summed E-state index contributed by atoms with van der Waals surface area (Å²) in [5.41, 5.74) is 4.96. The lowest BCUT2D eigenvalue weighted by molar-refractivity contribution is 0.0693. The number of carboxylic acid groups (broad SMARTS) is 1. The lowest BCUT2D eigenvalue weighted by atomic mass is 10.0. The van der Waals surface area contributed by atoms with Gasteiger partial charge in [-0.2, -0.15) is 0 Å². The van der Waals surface area contributed by atoms with Crippen LogP contribution in [0.1, 0.15) is 69.3 Å². The summed E-state index contributed by atoms with van der Waals surface area (Å²) in [6.45, 7) is 8.55. The Bertz CT molecular complexity index is 675. The maximum atomic E-state index is 10.9. The van der Waals surface area contributed by atoms with Crippen LogP contribution in [0.3, 0.4) is 0 Å². The number of hydrogen-bond donors (Lipinski definition) is 2. The minimum atomic E-state index is -1.11. The largest absolute Gasteiger partial charge is 0.507 e. The first-order valence-corrected chi connectivity index (χ1v) is 8.79. The van der Waals surface area contributed by atoms with Gasteiger partial charge in [-0.3, -0.25) is 0 Å². The maximum Gasteiger partial charge on any atom is 0.339 e. The van der Waals surface area contributed by atoms with Crippen molar-refractivity contribution < 1.29 is 15.0 Å². The lowest BCUT2D eigenvalue weighted by Crippen LogP contribution is -1.97. The summed E-state index contributed by atoms with van der Waals surface area (Å²) in [6, 6.07) is 4.73. The van der Waals surface area contributed by atoms with Gasteiger partial charge in [0.2, 0.25) is 0 Å². The molecule has 25 heavy (non-hydrogen) atoms. The molecule has 0 unspecified atom stereocenters. The van der Waals surface area contributed by atoms with E-state index in [1.165, 1.54) is 28.9 Å². The van der Waals surface area contributed by atoms with Crippen LogP contribution < -0.4 is 0 Å². The van der Waals surface area contributed by atoms with Crippen LogP contribution in [-0.4, -0.2) is 16.2 Å². The molecule has 0 aromatic heterocycles. The minimum Gasteiger partial charge on any atom is -0.507 e. The minimum absolute atomic E-state index is 0.0572. The Kier molecular flexibility index (Phi) is 8.76. The topological polar surface area (TPSA) is 57.5 Å². The summed E-state index contributed by atoms with van der Waals surface area (Å²) < 4.78 is 0. The molecule has 0 heterocycles. The second kappa shape index (κ2) is 10.5. The molecule has 0 aliphatic heterocycles. The standard InChI is InChI=1S/C22H30O3/c1-16(2)7-5-8-17(3)9-6-10-18(4)11-12-19-13-14-20(22(24)25)21(23)15-19/h7,9,11,13-15,23H,5-6,8,10,12H2,1-4H3,(H,24,25). The van der Waals surface area contributed by atoms with Gasteiger partial charge in [-0.25, -0.2) is 4.79 Å². The van der Waals surface area contributed by atoms with Gasteiger partial charge in [-0.1, -0.05) is 41.0 Å². The maximum absolute atomic E-state index is 10.9. The Morgan fingerprint density at radius 3 is 2.12 bits per heavy atom. The van der Waals surface area contributed by atoms with Gasteiger partial charge < -0.3 is 10.2 Å². The average Bonchev–Trinajstić information content (AvgIpc) is 2.52. The predicted octanol–water partition coefficient (Wildman–Crippen LogP) is 6.05. The fourth-order valence-corrected chi connectivity index (χ4v) is 2.52. The highest BCUT2D eigenvalue weighted by Gasteiger charge is 2.08. The lowest BCUT2D eigenvalue weighted by Gasteiger charge is -2.04. The smallest absolute Gasteiger partial charge is 0.339 e. The van der Waals surface area contributed by atoms with Crippen LogP contribution in [0.25, 0.3) is 0 Å². The summed E-state index contributed by atoms with van der Waals surface area (Å²) in [5.74, 6) is -1.28. The number of aromatic carboxylic acids is 1. The molecule has 1 rings (SSSR count). The summed E-state index contributed by atoms with van der Waals surface area (Å²) in [5, 5.41) is 18.6. The molecule has 0 atom stereocenters. The number of benzene rings is 1. The Morgan fingerprint density at radius 2 is 1.56 bits per heavy atom. The van der Waals surface area contributed by atoms with Crippen LogP contribution in [0.4, 0.5) is 0 Å². The molecule has 0 amide bonds. The fraction of sp³-hybridized carbons (Fsp3) is 0.409. The van der Waals surface area contributed by atoms with Gasteiger partial charge in [-0.05, 0) is 77.5 Å². The van der Waals surface area contributed by atoms with E-state index in [0.29, 0.717) is 6.42 Å². The van der Waals surface area contributed by atoms with E-state index in [0.717, 1.165) is 31.2 Å². The van der Waals surface area contributed by atoms with Crippen LogP contribution in [0.5, 0.6) is 5.75 Å². The van der Waals surface area contributed by atoms with Gasteiger partial charge in [0.05, 0.1) is 0 Å². The van der Waals surface area contributed by atoms with Gasteiger partial charge in [-0.15, -0.1) is 0 Å². The highest BCUT2D eigenvalue weighted by molar-refractivity contribution is 5.90. The number of rotatable bonds is 9. The molecule has 3 nitrogen and oxygen atoms in total. The van der Waals surface area contributed by atoms with E-state index in [2.05, 4.69) is 45.9 Å². The highest BCUT2D eigenvalue weighted by Crippen LogP contribution is 2.20. The van der Waals surface area contributed by atoms with Crippen molar-refractivity contribution in [1.29, 1.82) is 0 Å². The molecule has 0 aliphatic rings. The number of carboxylic acids is 1. The fourth-order valence-electron chi connectivity index (χ4n) is 2.52. The summed E-state index contributed by atoms with van der Waals surface area (Å²) in [4.78, 5) is 10.9. The second-order valence-corrected chi connectivity index (χ2v) is 6.82. The van der Waals surface area contributed by atoms with Crippen molar-refractivity contribution in [2.45, 2.75) is 59.8 Å². The van der Waals surface area contributed by atoms with Crippen molar-refractivity contribution in [1.82, 2.24) is 0 Å². The highest BCUT2D eigenvalue weighted by atomic mass is 16.4. The number of hydrogen-bond acceptors (Lipinski definition) is 2. The summed E-state index contributed by atoms with van der Waals surface area (Å²) in [6.07, 6.45) is 11.7. The Morgan fingerprint density at radius 1 is 0.960 bits per heavy atom. The Hall–Kier alpha value is -2.29. The Labute approximate surface area is 151 Å². The van der Waals surface area contributed by atoms with Crippen molar-refractivity contribution in [3.63, 3.8) is 0 Å². The zero-order chi connectivity index (χ0) is 18.8. The number of allylic oxidation sites excluding steroid dienone is 6. The number of aromatic hydroxyl groups is 1. The summed E-state index contributed by atoms with van der Waals surface area (Å²) >= 11 is 0. The van der Waals surface area contributed by atoms with Crippen molar-refractivity contribution in [2.75, 3.05) is 0 Å². The van der Waals surface area contributed by atoms with E-state index in [1.807, 2.05) is 0 Å². The van der Waals surface area contributed by atoms with Gasteiger partial charge in [0, 0.05) is 0 Å². The van der Waals surface area contributed by atoms with E-state index in [4.69, 9.17) is 5.11 Å². The third-order valence-electron chi connectivity index (χ3n) is 4.10. The SMILES string of the molecule is CC(C)=CCCC(C)=CCCC(C)=CCc1ccc(C(=O)O)c(O)c1. The molecule has 136 valence electrons. The van der Waals surface area contributed by atoms with Crippen LogP contribution in [-0.2, 0) is 6.42 Å². The van der Waals surface area contributed by atoms with E-state index in [1.54, 1.807) is 6.07 Å². The molecule has 2 N–H and O–H groups in total. The molecule has 0 spiro atoms. The van der Waals surface area contributed by atoms with Crippen LogP contribution in [0, 0.1) is 0 Å². The normalized spacial score (nSPS) is 12.2. The monoisotopic (exact) mass is 342 g/mol. The molecular formula is C22H30O3. The molecule has 3 heteroatoms. The van der Waals surface area contributed by atoms with Gasteiger partial charge in [0.1, 0.15) is 11.3 Å². The van der Waals surface area contributed by atoms with Crippen LogP contribution >= 0.6 is 0 Å².